The van der Waals surface area contributed by atoms with Crippen LogP contribution in [0.25, 0.3) is 0 Å². The van der Waals surface area contributed by atoms with E-state index >= 15 is 0 Å². The third kappa shape index (κ3) is 5.06. The molecule has 0 unspecified atom stereocenters. The Hall–Kier alpha value is -1.67. The second kappa shape index (κ2) is 10.3. The fourth-order valence-corrected chi connectivity index (χ4v) is 5.81. The predicted molar refractivity (Wildman–Crippen MR) is 133 cm³/mol. The van der Waals surface area contributed by atoms with E-state index in [1.165, 1.54) is 0 Å². The number of hydrazine groups is 3. The molecule has 0 aliphatic carbocycles. The van der Waals surface area contributed by atoms with Gasteiger partial charge in [0.1, 0.15) is 0 Å². The Labute approximate surface area is 206 Å². The highest BCUT2D eigenvalue weighted by Crippen LogP contribution is 2.52. The molecule has 3 atom stereocenters. The van der Waals surface area contributed by atoms with Crippen LogP contribution in [0.15, 0.2) is 48.5 Å². The number of rotatable bonds is 7. The first-order chi connectivity index (χ1) is 15.9. The Kier molecular flexibility index (Phi) is 7.63. The normalized spacial score (nSPS) is 26.4. The minimum absolute atomic E-state index is 0.0606. The van der Waals surface area contributed by atoms with Crippen molar-refractivity contribution in [2.75, 3.05) is 0 Å². The number of nitrogens with one attached hydrogen (secondary N) is 4. The average molecular weight is 490 g/mol. The highest BCUT2D eigenvalue weighted by molar-refractivity contribution is 6.30. The molecule has 0 saturated carbocycles. The molecule has 33 heavy (non-hydrogen) atoms. The zero-order valence-electron chi connectivity index (χ0n) is 19.4. The molecule has 2 aliphatic heterocycles. The summed E-state index contributed by atoms with van der Waals surface area (Å²) in [7, 11) is 0. The Morgan fingerprint density at radius 3 is 2.27 bits per heavy atom. The number of piperidine rings is 1. The summed E-state index contributed by atoms with van der Waals surface area (Å²) in [6.45, 7) is 6.42. The second-order valence-electron chi connectivity index (χ2n) is 9.40. The Balaban J connectivity index is 1.84. The number of carbonyl (C=O) groups is 1. The van der Waals surface area contributed by atoms with E-state index < -0.39 is 5.41 Å². The van der Waals surface area contributed by atoms with Gasteiger partial charge < -0.3 is 4.90 Å². The van der Waals surface area contributed by atoms with Crippen LogP contribution in [0.4, 0.5) is 0 Å². The first kappa shape index (κ1) is 24.5. The molecular formula is C25H33Cl2N5O. The van der Waals surface area contributed by atoms with Crippen molar-refractivity contribution in [3.05, 3.63) is 69.7 Å². The molecule has 6 nitrogen and oxygen atoms in total. The third-order valence-electron chi connectivity index (χ3n) is 7.14. The van der Waals surface area contributed by atoms with E-state index in [0.29, 0.717) is 16.5 Å². The van der Waals surface area contributed by atoms with Crippen molar-refractivity contribution in [3.63, 3.8) is 0 Å². The van der Waals surface area contributed by atoms with Crippen molar-refractivity contribution >= 4 is 29.1 Å². The highest BCUT2D eigenvalue weighted by Gasteiger charge is 2.52. The summed E-state index contributed by atoms with van der Waals surface area (Å²) < 4.78 is 0. The number of amides is 1. The maximum absolute atomic E-state index is 14.3. The van der Waals surface area contributed by atoms with E-state index in [0.717, 1.165) is 30.4 Å². The molecule has 1 amide bonds. The molecule has 0 spiro atoms. The first-order valence-electron chi connectivity index (χ1n) is 11.7. The maximum atomic E-state index is 14.3. The van der Waals surface area contributed by atoms with E-state index in [4.69, 9.17) is 23.2 Å². The van der Waals surface area contributed by atoms with Gasteiger partial charge in [0.05, 0.1) is 17.6 Å². The highest BCUT2D eigenvalue weighted by atomic mass is 35.5. The van der Waals surface area contributed by atoms with Crippen LogP contribution in [0.1, 0.15) is 69.5 Å². The number of carbonyl (C=O) groups excluding carboxylic acids is 1. The maximum Gasteiger partial charge on any atom is 0.229 e. The van der Waals surface area contributed by atoms with Gasteiger partial charge >= 0.3 is 0 Å². The SMILES string of the molecule is CCC(CC)N1C(=O)[C@@](C)(CC2NNNN2)C[C@H](c2cccc(Cl)c2)[C@H]1c1ccc(Cl)cc1. The summed E-state index contributed by atoms with van der Waals surface area (Å²) in [5, 5.41) is 1.40. The van der Waals surface area contributed by atoms with Gasteiger partial charge in [-0.1, -0.05) is 68.2 Å². The molecule has 178 valence electrons. The summed E-state index contributed by atoms with van der Waals surface area (Å²) in [6, 6.07) is 16.1. The molecule has 2 aromatic carbocycles. The standard InChI is InChI=1S/C25H33Cl2N5O/c1-4-20(5-2)32-23(16-9-11-18(26)12-10-16)21(17-7-6-8-19(27)13-17)14-25(3,24(32)33)15-22-28-30-31-29-22/h6-13,20-23,28-31H,4-5,14-15H2,1-3H3/t21-,23-,25-/m1/s1. The number of benzene rings is 2. The molecule has 2 fully saturated rings. The van der Waals surface area contributed by atoms with E-state index in [1.807, 2.05) is 30.3 Å². The molecule has 4 rings (SSSR count). The molecule has 2 aliphatic rings. The number of hydrogen-bond donors (Lipinski definition) is 4. The molecule has 2 saturated heterocycles. The first-order valence-corrected chi connectivity index (χ1v) is 12.5. The lowest BCUT2D eigenvalue weighted by Gasteiger charge is -2.52. The summed E-state index contributed by atoms with van der Waals surface area (Å²) in [5.41, 5.74) is 13.8. The molecule has 4 N–H and O–H groups in total. The van der Waals surface area contributed by atoms with Crippen LogP contribution in [0.5, 0.6) is 0 Å². The van der Waals surface area contributed by atoms with Gasteiger partial charge in [-0.3, -0.25) is 4.79 Å². The second-order valence-corrected chi connectivity index (χ2v) is 10.3. The van der Waals surface area contributed by atoms with Crippen LogP contribution in [0.3, 0.4) is 0 Å². The lowest BCUT2D eigenvalue weighted by atomic mass is 9.66. The molecule has 0 radical (unpaired) electrons. The summed E-state index contributed by atoms with van der Waals surface area (Å²) >= 11 is 12.7. The minimum atomic E-state index is -0.559. The summed E-state index contributed by atoms with van der Waals surface area (Å²) in [6.07, 6.45) is 3.10. The zero-order valence-corrected chi connectivity index (χ0v) is 20.9. The Morgan fingerprint density at radius 2 is 1.67 bits per heavy atom. The quantitative estimate of drug-likeness (QED) is 0.436. The summed E-state index contributed by atoms with van der Waals surface area (Å²) in [4.78, 5) is 16.4. The smallest absolute Gasteiger partial charge is 0.229 e. The van der Waals surface area contributed by atoms with Crippen LogP contribution < -0.4 is 21.9 Å². The largest absolute Gasteiger partial charge is 0.332 e. The van der Waals surface area contributed by atoms with Gasteiger partial charge in [-0.05, 0) is 61.1 Å². The number of nitrogens with zero attached hydrogens (tertiary/aromatic N) is 1. The Bertz CT molecular complexity index is 962. The number of hydrogen-bond acceptors (Lipinski definition) is 5. The van der Waals surface area contributed by atoms with Gasteiger partial charge in [0, 0.05) is 22.0 Å². The number of likely N-dealkylation sites (tertiary alicyclic amines) is 1. The molecule has 8 heteroatoms. The number of halogens is 2. The fourth-order valence-electron chi connectivity index (χ4n) is 5.49. The van der Waals surface area contributed by atoms with Crippen molar-refractivity contribution < 1.29 is 4.79 Å². The zero-order chi connectivity index (χ0) is 23.6. The molecule has 0 aromatic heterocycles. The predicted octanol–water partition coefficient (Wildman–Crippen LogP) is 5.08. The van der Waals surface area contributed by atoms with Crippen molar-refractivity contribution in [2.45, 2.75) is 70.6 Å². The fraction of sp³-hybridized carbons (Fsp3) is 0.480. The van der Waals surface area contributed by atoms with Crippen molar-refractivity contribution in [1.82, 2.24) is 26.8 Å². The van der Waals surface area contributed by atoms with Crippen LogP contribution in [-0.4, -0.2) is 23.0 Å². The van der Waals surface area contributed by atoms with Gasteiger partial charge in [-0.15, -0.1) is 0 Å². The molecule has 2 aromatic rings. The van der Waals surface area contributed by atoms with Gasteiger partial charge in [-0.2, -0.15) is 11.1 Å². The third-order valence-corrected chi connectivity index (χ3v) is 7.62. The summed E-state index contributed by atoms with van der Waals surface area (Å²) in [5.74, 6) is 0.292. The lowest BCUT2D eigenvalue weighted by Crippen LogP contribution is -2.57. The van der Waals surface area contributed by atoms with Gasteiger partial charge in [-0.25, -0.2) is 10.9 Å². The van der Waals surface area contributed by atoms with Gasteiger partial charge in [0.2, 0.25) is 5.91 Å². The van der Waals surface area contributed by atoms with Gasteiger partial charge in [0.25, 0.3) is 0 Å². The Morgan fingerprint density at radius 1 is 1.00 bits per heavy atom. The van der Waals surface area contributed by atoms with Crippen molar-refractivity contribution in [1.29, 1.82) is 0 Å². The van der Waals surface area contributed by atoms with Crippen LogP contribution >= 0.6 is 23.2 Å². The molecule has 0 bridgehead atoms. The van der Waals surface area contributed by atoms with Crippen LogP contribution in [0.2, 0.25) is 10.0 Å². The van der Waals surface area contributed by atoms with E-state index in [2.05, 4.69) is 65.8 Å². The van der Waals surface area contributed by atoms with Crippen LogP contribution in [-0.2, 0) is 4.79 Å². The minimum Gasteiger partial charge on any atom is -0.332 e. The van der Waals surface area contributed by atoms with Gasteiger partial charge in [0.15, 0.2) is 0 Å². The van der Waals surface area contributed by atoms with E-state index in [1.54, 1.807) is 0 Å². The van der Waals surface area contributed by atoms with E-state index in [-0.39, 0.29) is 30.1 Å². The monoisotopic (exact) mass is 489 g/mol. The average Bonchev–Trinajstić information content (AvgIpc) is 3.31. The van der Waals surface area contributed by atoms with E-state index in [9.17, 15) is 4.79 Å². The van der Waals surface area contributed by atoms with Crippen molar-refractivity contribution in [3.8, 4) is 0 Å². The van der Waals surface area contributed by atoms with Crippen LogP contribution in [0, 0.1) is 5.41 Å². The lowest BCUT2D eigenvalue weighted by molar-refractivity contribution is -0.156. The topological polar surface area (TPSA) is 68.4 Å². The van der Waals surface area contributed by atoms with Crippen molar-refractivity contribution in [2.24, 2.45) is 5.41 Å². The molecule has 2 heterocycles. The molecular weight excluding hydrogens is 457 g/mol.